The maximum Gasteiger partial charge on any atom is 0.194 e. The average Bonchev–Trinajstić information content (AvgIpc) is 2.59. The van der Waals surface area contributed by atoms with Crippen LogP contribution >= 0.6 is 0 Å². The number of morpholine rings is 1. The first-order valence-electron chi connectivity index (χ1n) is 7.98. The minimum absolute atomic E-state index is 0.359. The molecule has 0 bridgehead atoms. The number of hydrogen-bond acceptors (Lipinski definition) is 3. The largest absolute Gasteiger partial charge is 0.379 e. The molecular formula is C16H23F3N4O. The smallest absolute Gasteiger partial charge is 0.194 e. The molecule has 0 radical (unpaired) electrons. The third-order valence-corrected chi connectivity index (χ3v) is 3.80. The van der Waals surface area contributed by atoms with Crippen molar-refractivity contribution in [3.05, 3.63) is 35.1 Å². The molecule has 0 aromatic heterocycles. The number of nitrogens with zero attached hydrogens (tertiary/aromatic N) is 2. The van der Waals surface area contributed by atoms with Crippen molar-refractivity contribution in [1.82, 2.24) is 15.5 Å². The van der Waals surface area contributed by atoms with Crippen LogP contribution in [-0.2, 0) is 11.2 Å². The Hall–Kier alpha value is -1.80. The van der Waals surface area contributed by atoms with Gasteiger partial charge in [-0.1, -0.05) is 0 Å². The van der Waals surface area contributed by atoms with Crippen molar-refractivity contribution in [2.45, 2.75) is 6.42 Å². The molecule has 0 atom stereocenters. The van der Waals surface area contributed by atoms with Crippen molar-refractivity contribution in [3.63, 3.8) is 0 Å². The molecule has 0 saturated carbocycles. The first-order valence-corrected chi connectivity index (χ1v) is 7.98. The Morgan fingerprint density at radius 2 is 1.75 bits per heavy atom. The van der Waals surface area contributed by atoms with E-state index >= 15 is 0 Å². The molecule has 1 aromatic carbocycles. The van der Waals surface area contributed by atoms with Crippen LogP contribution in [-0.4, -0.2) is 63.8 Å². The fraction of sp³-hybridized carbons (Fsp3) is 0.562. The van der Waals surface area contributed by atoms with Crippen LogP contribution in [0.2, 0.25) is 0 Å². The summed E-state index contributed by atoms with van der Waals surface area (Å²) in [5, 5.41) is 6.25. The number of rotatable bonds is 6. The molecule has 1 aliphatic heterocycles. The zero-order chi connectivity index (χ0) is 17.4. The van der Waals surface area contributed by atoms with E-state index in [1.165, 1.54) is 0 Å². The van der Waals surface area contributed by atoms with Crippen LogP contribution in [0.5, 0.6) is 0 Å². The van der Waals surface area contributed by atoms with E-state index in [1.54, 1.807) is 7.05 Å². The summed E-state index contributed by atoms with van der Waals surface area (Å²) in [6.07, 6.45) is 0.359. The van der Waals surface area contributed by atoms with Gasteiger partial charge in [0.25, 0.3) is 0 Å². The molecule has 134 valence electrons. The molecule has 1 heterocycles. The molecule has 2 N–H and O–H groups in total. The molecule has 0 spiro atoms. The summed E-state index contributed by atoms with van der Waals surface area (Å²) in [6.45, 7) is 5.43. The lowest BCUT2D eigenvalue weighted by molar-refractivity contribution is 0.0389. The zero-order valence-corrected chi connectivity index (χ0v) is 13.7. The molecule has 1 aliphatic rings. The van der Waals surface area contributed by atoms with Crippen molar-refractivity contribution < 1.29 is 17.9 Å². The van der Waals surface area contributed by atoms with Crippen LogP contribution in [0.15, 0.2) is 17.1 Å². The predicted molar refractivity (Wildman–Crippen MR) is 86.6 cm³/mol. The Morgan fingerprint density at radius 1 is 1.12 bits per heavy atom. The number of ether oxygens (including phenoxy) is 1. The Bertz CT molecular complexity index is 539. The number of halogens is 3. The first-order chi connectivity index (χ1) is 11.6. The van der Waals surface area contributed by atoms with Gasteiger partial charge in [-0.3, -0.25) is 9.89 Å². The van der Waals surface area contributed by atoms with Gasteiger partial charge in [-0.05, 0) is 24.1 Å². The molecule has 0 unspecified atom stereocenters. The van der Waals surface area contributed by atoms with Crippen LogP contribution in [0.25, 0.3) is 0 Å². The number of hydrogen-bond donors (Lipinski definition) is 2. The van der Waals surface area contributed by atoms with E-state index in [0.717, 1.165) is 51.5 Å². The quantitative estimate of drug-likeness (QED) is 0.462. The second kappa shape index (κ2) is 9.48. The molecule has 5 nitrogen and oxygen atoms in total. The summed E-state index contributed by atoms with van der Waals surface area (Å²) in [4.78, 5) is 6.39. The minimum atomic E-state index is -1.44. The van der Waals surface area contributed by atoms with Gasteiger partial charge in [0.15, 0.2) is 23.4 Å². The standard InChI is InChI=1S/C16H23F3N4O/c1-20-16(22-4-5-23-6-8-24-9-7-23)21-3-2-12-10-13(17)15(19)14(18)11-12/h10-11H,2-9H2,1H3,(H2,20,21,22). The van der Waals surface area contributed by atoms with E-state index in [9.17, 15) is 13.2 Å². The number of guanidine groups is 1. The predicted octanol–water partition coefficient (Wildman–Crippen LogP) is 1.14. The van der Waals surface area contributed by atoms with E-state index in [-0.39, 0.29) is 0 Å². The SMILES string of the molecule is CN=C(NCCc1cc(F)c(F)c(F)c1)NCCN1CCOCC1. The molecule has 0 aliphatic carbocycles. The van der Waals surface area contributed by atoms with E-state index in [4.69, 9.17) is 4.74 Å². The van der Waals surface area contributed by atoms with E-state index in [2.05, 4.69) is 20.5 Å². The van der Waals surface area contributed by atoms with Gasteiger partial charge in [-0.2, -0.15) is 0 Å². The summed E-state index contributed by atoms with van der Waals surface area (Å²) in [5.41, 5.74) is 0.391. The van der Waals surface area contributed by atoms with E-state index < -0.39 is 17.5 Å². The Balaban J connectivity index is 1.69. The van der Waals surface area contributed by atoms with Crippen molar-refractivity contribution in [3.8, 4) is 0 Å². The van der Waals surface area contributed by atoms with E-state index in [0.29, 0.717) is 24.5 Å². The lowest BCUT2D eigenvalue weighted by Crippen LogP contribution is -2.44. The Labute approximate surface area is 139 Å². The topological polar surface area (TPSA) is 48.9 Å². The molecule has 2 rings (SSSR count). The van der Waals surface area contributed by atoms with Crippen molar-refractivity contribution in [1.29, 1.82) is 0 Å². The summed E-state index contributed by atoms with van der Waals surface area (Å²) < 4.78 is 44.5. The fourth-order valence-corrected chi connectivity index (χ4v) is 2.46. The van der Waals surface area contributed by atoms with Crippen molar-refractivity contribution in [2.24, 2.45) is 4.99 Å². The first kappa shape index (κ1) is 18.5. The number of aliphatic imine (C=N–C) groups is 1. The van der Waals surface area contributed by atoms with Crippen LogP contribution in [0, 0.1) is 17.5 Å². The molecule has 0 amide bonds. The van der Waals surface area contributed by atoms with Gasteiger partial charge < -0.3 is 15.4 Å². The maximum absolute atomic E-state index is 13.2. The molecule has 1 aromatic rings. The van der Waals surface area contributed by atoms with Crippen LogP contribution in [0.1, 0.15) is 5.56 Å². The Kier molecular flexibility index (Phi) is 7.33. The van der Waals surface area contributed by atoms with Crippen molar-refractivity contribution in [2.75, 3.05) is 53.0 Å². The highest BCUT2D eigenvalue weighted by molar-refractivity contribution is 5.79. The lowest BCUT2D eigenvalue weighted by Gasteiger charge is -2.26. The zero-order valence-electron chi connectivity index (χ0n) is 13.7. The molecule has 8 heteroatoms. The number of benzene rings is 1. The fourth-order valence-electron chi connectivity index (χ4n) is 2.46. The summed E-state index contributed by atoms with van der Waals surface area (Å²) in [5.74, 6) is -3.16. The lowest BCUT2D eigenvalue weighted by atomic mass is 10.1. The van der Waals surface area contributed by atoms with Gasteiger partial charge in [0.1, 0.15) is 0 Å². The Morgan fingerprint density at radius 3 is 2.38 bits per heavy atom. The third kappa shape index (κ3) is 5.68. The average molecular weight is 344 g/mol. The highest BCUT2D eigenvalue weighted by atomic mass is 19.2. The molecule has 1 fully saturated rings. The summed E-state index contributed by atoms with van der Waals surface area (Å²) >= 11 is 0. The highest BCUT2D eigenvalue weighted by Crippen LogP contribution is 2.13. The number of nitrogens with one attached hydrogen (secondary N) is 2. The van der Waals surface area contributed by atoms with Gasteiger partial charge in [0.2, 0.25) is 0 Å². The van der Waals surface area contributed by atoms with Crippen molar-refractivity contribution >= 4 is 5.96 Å². The van der Waals surface area contributed by atoms with E-state index in [1.807, 2.05) is 0 Å². The normalized spacial score (nSPS) is 16.2. The monoisotopic (exact) mass is 344 g/mol. The molecular weight excluding hydrogens is 321 g/mol. The second-order valence-electron chi connectivity index (χ2n) is 5.50. The van der Waals surface area contributed by atoms with Gasteiger partial charge >= 0.3 is 0 Å². The van der Waals surface area contributed by atoms with Gasteiger partial charge in [0.05, 0.1) is 13.2 Å². The highest BCUT2D eigenvalue weighted by Gasteiger charge is 2.11. The van der Waals surface area contributed by atoms with Gasteiger partial charge in [-0.25, -0.2) is 13.2 Å². The van der Waals surface area contributed by atoms with Crippen LogP contribution in [0.4, 0.5) is 13.2 Å². The van der Waals surface area contributed by atoms with Crippen LogP contribution < -0.4 is 10.6 Å². The minimum Gasteiger partial charge on any atom is -0.379 e. The molecule has 1 saturated heterocycles. The summed E-state index contributed by atoms with van der Waals surface area (Å²) in [6, 6.07) is 2.02. The van der Waals surface area contributed by atoms with Crippen LogP contribution in [0.3, 0.4) is 0 Å². The second-order valence-corrected chi connectivity index (χ2v) is 5.50. The maximum atomic E-state index is 13.2. The van der Waals surface area contributed by atoms with Gasteiger partial charge in [-0.15, -0.1) is 0 Å². The summed E-state index contributed by atoms with van der Waals surface area (Å²) in [7, 11) is 1.65. The molecule has 24 heavy (non-hydrogen) atoms. The third-order valence-electron chi connectivity index (χ3n) is 3.80. The van der Waals surface area contributed by atoms with Gasteiger partial charge in [0, 0.05) is 39.8 Å².